The third-order valence-corrected chi connectivity index (χ3v) is 4.96. The molecule has 0 unspecified atom stereocenters. The van der Waals surface area contributed by atoms with Crippen molar-refractivity contribution in [1.82, 2.24) is 5.32 Å². The monoisotopic (exact) mass is 357 g/mol. The molecule has 6 heteroatoms. The summed E-state index contributed by atoms with van der Waals surface area (Å²) in [4.78, 5) is 12.0. The summed E-state index contributed by atoms with van der Waals surface area (Å²) < 4.78 is 5.37. The van der Waals surface area contributed by atoms with Gasteiger partial charge in [-0.3, -0.25) is 0 Å². The van der Waals surface area contributed by atoms with Gasteiger partial charge >= 0.3 is 6.09 Å². The number of rotatable bonds is 7. The van der Waals surface area contributed by atoms with Crippen molar-refractivity contribution in [2.75, 3.05) is 33.0 Å². The van der Waals surface area contributed by atoms with E-state index in [-0.39, 0.29) is 19.1 Å². The van der Waals surface area contributed by atoms with Gasteiger partial charge in [0.25, 0.3) is 0 Å². The van der Waals surface area contributed by atoms with E-state index in [2.05, 4.69) is 17.4 Å². The van der Waals surface area contributed by atoms with Gasteiger partial charge in [-0.1, -0.05) is 48.5 Å². The standard InChI is InChI=1S/C20H23NO5/c22-11-20(12-23,13-24)10-21-19(25)26-9-18-16-7-3-1-5-14(16)15-6-2-4-8-17(15)18/h1-8,18,22-24H,9-13H2,(H,21,25). The maximum Gasteiger partial charge on any atom is 0.407 e. The molecule has 4 N–H and O–H groups in total. The molecule has 0 radical (unpaired) electrons. The normalized spacial score (nSPS) is 13.2. The fraction of sp³-hybridized carbons (Fsp3) is 0.350. The summed E-state index contributed by atoms with van der Waals surface area (Å²) in [5.74, 6) is -0.0357. The van der Waals surface area contributed by atoms with E-state index in [1.165, 1.54) is 0 Å². The van der Waals surface area contributed by atoms with E-state index in [1.807, 2.05) is 36.4 Å². The molecule has 1 aliphatic carbocycles. The molecule has 3 rings (SSSR count). The number of benzene rings is 2. The molecule has 2 aromatic carbocycles. The van der Waals surface area contributed by atoms with Crippen LogP contribution in [0.1, 0.15) is 17.0 Å². The molecule has 0 heterocycles. The predicted molar refractivity (Wildman–Crippen MR) is 96.8 cm³/mol. The number of aliphatic hydroxyl groups excluding tert-OH is 3. The van der Waals surface area contributed by atoms with E-state index in [1.54, 1.807) is 0 Å². The second kappa shape index (κ2) is 7.86. The Morgan fingerprint density at radius 3 is 1.92 bits per heavy atom. The van der Waals surface area contributed by atoms with Gasteiger partial charge < -0.3 is 25.4 Å². The van der Waals surface area contributed by atoms with Gasteiger partial charge in [-0.15, -0.1) is 0 Å². The van der Waals surface area contributed by atoms with Crippen molar-refractivity contribution in [3.8, 4) is 11.1 Å². The Morgan fingerprint density at radius 1 is 0.923 bits per heavy atom. The lowest BCUT2D eigenvalue weighted by atomic mass is 9.91. The van der Waals surface area contributed by atoms with Crippen molar-refractivity contribution in [3.63, 3.8) is 0 Å². The summed E-state index contributed by atoms with van der Waals surface area (Å²) in [6, 6.07) is 16.1. The number of hydrogen-bond acceptors (Lipinski definition) is 5. The highest BCUT2D eigenvalue weighted by Gasteiger charge is 2.31. The van der Waals surface area contributed by atoms with Crippen molar-refractivity contribution in [1.29, 1.82) is 0 Å². The number of nitrogens with one attached hydrogen (secondary N) is 1. The summed E-state index contributed by atoms with van der Waals surface area (Å²) in [5.41, 5.74) is 3.38. The Bertz CT molecular complexity index is 719. The highest BCUT2D eigenvalue weighted by atomic mass is 16.5. The van der Waals surface area contributed by atoms with Crippen LogP contribution in [0.15, 0.2) is 48.5 Å². The van der Waals surface area contributed by atoms with Crippen LogP contribution in [0, 0.1) is 5.41 Å². The van der Waals surface area contributed by atoms with Gasteiger partial charge in [-0.05, 0) is 22.3 Å². The van der Waals surface area contributed by atoms with Crippen molar-refractivity contribution >= 4 is 6.09 Å². The maximum absolute atomic E-state index is 12.0. The predicted octanol–water partition coefficient (Wildman–Crippen LogP) is 1.49. The lowest BCUT2D eigenvalue weighted by Crippen LogP contribution is -2.45. The van der Waals surface area contributed by atoms with E-state index < -0.39 is 31.3 Å². The average Bonchev–Trinajstić information content (AvgIpc) is 3.02. The van der Waals surface area contributed by atoms with Crippen LogP contribution in [-0.2, 0) is 4.74 Å². The summed E-state index contributed by atoms with van der Waals surface area (Å²) in [6.45, 7) is -1.21. The minimum atomic E-state index is -1.16. The molecular formula is C20H23NO5. The Morgan fingerprint density at radius 2 is 1.42 bits per heavy atom. The highest BCUT2D eigenvalue weighted by Crippen LogP contribution is 2.44. The van der Waals surface area contributed by atoms with E-state index >= 15 is 0 Å². The number of ether oxygens (including phenoxy) is 1. The summed E-state index contributed by atoms with van der Waals surface area (Å²) >= 11 is 0. The number of carbonyl (C=O) groups excluding carboxylic acids is 1. The van der Waals surface area contributed by atoms with Gasteiger partial charge in [0.1, 0.15) is 6.61 Å². The third kappa shape index (κ3) is 3.44. The van der Waals surface area contributed by atoms with Crippen molar-refractivity contribution in [2.24, 2.45) is 5.41 Å². The number of carbonyl (C=O) groups is 1. The molecule has 138 valence electrons. The number of hydrogen-bond donors (Lipinski definition) is 4. The van der Waals surface area contributed by atoms with Gasteiger partial charge in [-0.25, -0.2) is 4.79 Å². The van der Waals surface area contributed by atoms with Crippen LogP contribution in [0.2, 0.25) is 0 Å². The van der Waals surface area contributed by atoms with E-state index in [4.69, 9.17) is 4.74 Å². The summed E-state index contributed by atoms with van der Waals surface area (Å²) in [7, 11) is 0. The fourth-order valence-electron chi connectivity index (χ4n) is 3.23. The summed E-state index contributed by atoms with van der Waals surface area (Å²) in [6.07, 6.45) is -0.647. The molecule has 2 aromatic rings. The SMILES string of the molecule is O=C(NCC(CO)(CO)CO)OCC1c2ccccc2-c2ccccc21. The first-order chi connectivity index (χ1) is 12.6. The third-order valence-electron chi connectivity index (χ3n) is 4.96. The zero-order valence-corrected chi connectivity index (χ0v) is 14.4. The topological polar surface area (TPSA) is 99.0 Å². The molecule has 0 fully saturated rings. The van der Waals surface area contributed by atoms with Crippen molar-refractivity contribution in [2.45, 2.75) is 5.92 Å². The number of fused-ring (bicyclic) bond motifs is 3. The Balaban J connectivity index is 1.66. The molecule has 6 nitrogen and oxygen atoms in total. The van der Waals surface area contributed by atoms with Crippen molar-refractivity contribution < 1.29 is 24.9 Å². The average molecular weight is 357 g/mol. The van der Waals surface area contributed by atoms with Gasteiger partial charge in [0, 0.05) is 12.5 Å². The zero-order chi connectivity index (χ0) is 18.6. The first kappa shape index (κ1) is 18.4. The van der Waals surface area contributed by atoms with E-state index in [0.29, 0.717) is 0 Å². The molecular weight excluding hydrogens is 334 g/mol. The maximum atomic E-state index is 12.0. The second-order valence-electron chi connectivity index (χ2n) is 6.65. The Kier molecular flexibility index (Phi) is 5.56. The molecule has 0 atom stereocenters. The van der Waals surface area contributed by atoms with Crippen molar-refractivity contribution in [3.05, 3.63) is 59.7 Å². The van der Waals surface area contributed by atoms with E-state index in [9.17, 15) is 20.1 Å². The van der Waals surface area contributed by atoms with Gasteiger partial charge in [-0.2, -0.15) is 0 Å². The van der Waals surface area contributed by atoms with Crippen LogP contribution in [0.25, 0.3) is 11.1 Å². The lowest BCUT2D eigenvalue weighted by molar-refractivity contribution is 0.00624. The molecule has 1 amide bonds. The zero-order valence-electron chi connectivity index (χ0n) is 14.4. The number of amides is 1. The molecule has 0 aromatic heterocycles. The first-order valence-electron chi connectivity index (χ1n) is 8.55. The molecule has 0 saturated heterocycles. The second-order valence-corrected chi connectivity index (χ2v) is 6.65. The largest absolute Gasteiger partial charge is 0.449 e. The lowest BCUT2D eigenvalue weighted by Gasteiger charge is -2.27. The minimum Gasteiger partial charge on any atom is -0.449 e. The van der Waals surface area contributed by atoms with Crippen LogP contribution in [0.5, 0.6) is 0 Å². The molecule has 26 heavy (non-hydrogen) atoms. The number of aliphatic hydroxyl groups is 3. The van der Waals surface area contributed by atoms with Gasteiger partial charge in [0.05, 0.1) is 25.2 Å². The fourth-order valence-corrected chi connectivity index (χ4v) is 3.23. The quantitative estimate of drug-likeness (QED) is 0.602. The van der Waals surface area contributed by atoms with Gasteiger partial charge in [0.15, 0.2) is 0 Å². The van der Waals surface area contributed by atoms with Crippen LogP contribution < -0.4 is 5.32 Å². The molecule has 0 saturated carbocycles. The highest BCUT2D eigenvalue weighted by molar-refractivity contribution is 5.79. The minimum absolute atomic E-state index is 0.0357. The van der Waals surface area contributed by atoms with Crippen LogP contribution in [0.4, 0.5) is 4.79 Å². The molecule has 0 aliphatic heterocycles. The van der Waals surface area contributed by atoms with Crippen LogP contribution in [0.3, 0.4) is 0 Å². The molecule has 0 bridgehead atoms. The van der Waals surface area contributed by atoms with Crippen LogP contribution >= 0.6 is 0 Å². The Hall–Kier alpha value is -2.41. The first-order valence-corrected chi connectivity index (χ1v) is 8.55. The van der Waals surface area contributed by atoms with E-state index in [0.717, 1.165) is 22.3 Å². The molecule has 0 spiro atoms. The summed E-state index contributed by atoms with van der Waals surface area (Å²) in [5, 5.41) is 30.4. The Labute approximate surface area is 152 Å². The van der Waals surface area contributed by atoms with Crippen LogP contribution in [-0.4, -0.2) is 54.4 Å². The van der Waals surface area contributed by atoms with Gasteiger partial charge in [0.2, 0.25) is 0 Å². The molecule has 1 aliphatic rings. The smallest absolute Gasteiger partial charge is 0.407 e. The number of alkyl carbamates (subject to hydrolysis) is 1.